The molecule has 0 unspecified atom stereocenters. The monoisotopic (exact) mass is 469 g/mol. The number of fused-ring (bicyclic) bond motifs is 1. The number of nitrogens with zero attached hydrogens (tertiary/aromatic N) is 2. The normalized spacial score (nSPS) is 18.2. The zero-order valence-electron chi connectivity index (χ0n) is 19.6. The number of anilines is 2. The first kappa shape index (κ1) is 23.4. The van der Waals surface area contributed by atoms with Crippen LogP contribution < -0.4 is 10.2 Å². The lowest BCUT2D eigenvalue weighted by molar-refractivity contribution is -0.125. The molecule has 2 aliphatic rings. The lowest BCUT2D eigenvalue weighted by Crippen LogP contribution is -2.42. The fourth-order valence-electron chi connectivity index (χ4n) is 4.48. The predicted molar refractivity (Wildman–Crippen MR) is 129 cm³/mol. The molecule has 2 aromatic rings. The van der Waals surface area contributed by atoms with Crippen molar-refractivity contribution in [3.05, 3.63) is 53.1 Å². The van der Waals surface area contributed by atoms with Crippen molar-refractivity contribution in [1.82, 2.24) is 4.31 Å². The third-order valence-corrected chi connectivity index (χ3v) is 8.50. The number of aryl methyl sites for hydroxylation is 2. The van der Waals surface area contributed by atoms with E-state index >= 15 is 0 Å². The summed E-state index contributed by atoms with van der Waals surface area (Å²) < 4.78 is 27.4. The van der Waals surface area contributed by atoms with Crippen molar-refractivity contribution in [3.63, 3.8) is 0 Å². The van der Waals surface area contributed by atoms with E-state index < -0.39 is 15.9 Å². The molecule has 1 aliphatic heterocycles. The second-order valence-corrected chi connectivity index (χ2v) is 11.4. The van der Waals surface area contributed by atoms with Crippen LogP contribution in [-0.2, 0) is 26.0 Å². The number of rotatable bonds is 6. The van der Waals surface area contributed by atoms with Gasteiger partial charge in [-0.05, 0) is 81.0 Å². The van der Waals surface area contributed by atoms with Gasteiger partial charge in [0.25, 0.3) is 0 Å². The molecule has 1 fully saturated rings. The molecule has 33 heavy (non-hydrogen) atoms. The van der Waals surface area contributed by atoms with E-state index in [1.807, 2.05) is 43.9 Å². The van der Waals surface area contributed by atoms with E-state index in [1.165, 1.54) is 13.1 Å². The average molecular weight is 470 g/mol. The molecule has 176 valence electrons. The predicted octanol–water partition coefficient (Wildman–Crippen LogP) is 3.64. The smallest absolute Gasteiger partial charge is 0.243 e. The standard InChI is InChI=1S/C25H31N3O4S/c1-16-8-9-17(2)22(12-16)26-24(29)15-27(4)33(31,32)21-10-11-23-20(14-21)13-18(3)28(23)25(30)19-6-5-7-19/h8-12,14,18-19H,5-7,13,15H2,1-4H3,(H,26,29)/t18-/m0/s1. The molecule has 1 N–H and O–H groups in total. The molecule has 0 saturated heterocycles. The van der Waals surface area contributed by atoms with Gasteiger partial charge >= 0.3 is 0 Å². The first-order chi connectivity index (χ1) is 15.6. The van der Waals surface area contributed by atoms with Crippen molar-refractivity contribution < 1.29 is 18.0 Å². The Bertz CT molecular complexity index is 1200. The molecular weight excluding hydrogens is 438 g/mol. The zero-order valence-corrected chi connectivity index (χ0v) is 20.4. The molecule has 0 bridgehead atoms. The highest BCUT2D eigenvalue weighted by molar-refractivity contribution is 7.89. The molecule has 2 amide bonds. The number of benzene rings is 2. The summed E-state index contributed by atoms with van der Waals surface area (Å²) in [5.74, 6) is -0.173. The Morgan fingerprint density at radius 3 is 2.52 bits per heavy atom. The van der Waals surface area contributed by atoms with Gasteiger partial charge in [-0.3, -0.25) is 9.59 Å². The van der Waals surface area contributed by atoms with Crippen LogP contribution in [0.15, 0.2) is 41.3 Å². The molecule has 2 aromatic carbocycles. The van der Waals surface area contributed by atoms with Crippen LogP contribution in [0.25, 0.3) is 0 Å². The van der Waals surface area contributed by atoms with E-state index in [9.17, 15) is 18.0 Å². The highest BCUT2D eigenvalue weighted by atomic mass is 32.2. The van der Waals surface area contributed by atoms with Crippen LogP contribution in [0.1, 0.15) is 42.9 Å². The second kappa shape index (κ2) is 8.91. The lowest BCUT2D eigenvalue weighted by atomic mass is 9.84. The average Bonchev–Trinajstić information content (AvgIpc) is 3.04. The molecule has 0 aromatic heterocycles. The van der Waals surface area contributed by atoms with E-state index in [-0.39, 0.29) is 29.3 Å². The third kappa shape index (κ3) is 4.54. The Morgan fingerprint density at radius 2 is 1.85 bits per heavy atom. The van der Waals surface area contributed by atoms with Crippen LogP contribution in [0.3, 0.4) is 0 Å². The molecule has 4 rings (SSSR count). The molecule has 0 spiro atoms. The summed E-state index contributed by atoms with van der Waals surface area (Å²) in [7, 11) is -2.46. The topological polar surface area (TPSA) is 86.8 Å². The number of amides is 2. The van der Waals surface area contributed by atoms with Gasteiger partial charge in [-0.15, -0.1) is 0 Å². The Morgan fingerprint density at radius 1 is 1.12 bits per heavy atom. The van der Waals surface area contributed by atoms with Crippen LogP contribution in [0.4, 0.5) is 11.4 Å². The van der Waals surface area contributed by atoms with Gasteiger partial charge in [0, 0.05) is 30.4 Å². The van der Waals surface area contributed by atoms with E-state index in [0.29, 0.717) is 12.1 Å². The van der Waals surface area contributed by atoms with E-state index in [0.717, 1.165) is 45.9 Å². The Balaban J connectivity index is 1.49. The summed E-state index contributed by atoms with van der Waals surface area (Å²) >= 11 is 0. The number of carbonyl (C=O) groups is 2. The van der Waals surface area contributed by atoms with E-state index in [1.54, 1.807) is 12.1 Å². The van der Waals surface area contributed by atoms with Gasteiger partial charge in [-0.25, -0.2) is 8.42 Å². The number of nitrogens with one attached hydrogen (secondary N) is 1. The fourth-order valence-corrected chi connectivity index (χ4v) is 5.66. The molecule has 8 heteroatoms. The SMILES string of the molecule is Cc1ccc(C)c(NC(=O)CN(C)S(=O)(=O)c2ccc3c(c2)C[C@H](C)N3C(=O)C2CCC2)c1. The van der Waals surface area contributed by atoms with Gasteiger partial charge in [0.1, 0.15) is 0 Å². The van der Waals surface area contributed by atoms with Crippen LogP contribution in [-0.4, -0.2) is 44.2 Å². The summed E-state index contributed by atoms with van der Waals surface area (Å²) in [5.41, 5.74) is 4.24. The van der Waals surface area contributed by atoms with E-state index in [4.69, 9.17) is 0 Å². The third-order valence-electron chi connectivity index (χ3n) is 6.70. The number of carbonyl (C=O) groups excluding carboxylic acids is 2. The van der Waals surface area contributed by atoms with Gasteiger partial charge in [0.15, 0.2) is 0 Å². The highest BCUT2D eigenvalue weighted by Crippen LogP contribution is 2.38. The first-order valence-electron chi connectivity index (χ1n) is 11.4. The Hall–Kier alpha value is -2.71. The van der Waals surface area contributed by atoms with Gasteiger partial charge in [-0.1, -0.05) is 18.6 Å². The summed E-state index contributed by atoms with van der Waals surface area (Å²) in [6, 6.07) is 10.6. The molecule has 1 aliphatic carbocycles. The van der Waals surface area contributed by atoms with Crippen molar-refractivity contribution in [2.24, 2.45) is 5.92 Å². The van der Waals surface area contributed by atoms with Crippen molar-refractivity contribution in [2.45, 2.75) is 57.4 Å². The quantitative estimate of drug-likeness (QED) is 0.700. The maximum atomic E-state index is 13.2. The number of hydrogen-bond acceptors (Lipinski definition) is 4. The van der Waals surface area contributed by atoms with Crippen LogP contribution in [0.5, 0.6) is 0 Å². The molecule has 1 saturated carbocycles. The van der Waals surface area contributed by atoms with Crippen molar-refractivity contribution in [3.8, 4) is 0 Å². The molecule has 0 radical (unpaired) electrons. The minimum atomic E-state index is -3.86. The van der Waals surface area contributed by atoms with Gasteiger partial charge < -0.3 is 10.2 Å². The number of hydrogen-bond donors (Lipinski definition) is 1. The first-order valence-corrected chi connectivity index (χ1v) is 12.8. The Kier molecular flexibility index (Phi) is 6.33. The van der Waals surface area contributed by atoms with Crippen LogP contribution in [0, 0.1) is 19.8 Å². The zero-order chi connectivity index (χ0) is 23.9. The Labute approximate surface area is 195 Å². The second-order valence-electron chi connectivity index (χ2n) is 9.31. The van der Waals surface area contributed by atoms with Crippen LogP contribution >= 0.6 is 0 Å². The van der Waals surface area contributed by atoms with Gasteiger partial charge in [-0.2, -0.15) is 4.31 Å². The van der Waals surface area contributed by atoms with Crippen molar-refractivity contribution >= 4 is 33.2 Å². The summed E-state index contributed by atoms with van der Waals surface area (Å²) in [6.07, 6.45) is 3.57. The summed E-state index contributed by atoms with van der Waals surface area (Å²) in [5, 5.41) is 2.80. The van der Waals surface area contributed by atoms with Crippen molar-refractivity contribution in [1.29, 1.82) is 0 Å². The number of likely N-dealkylation sites (N-methyl/N-ethyl adjacent to an activating group) is 1. The number of sulfonamides is 1. The fraction of sp³-hybridized carbons (Fsp3) is 0.440. The largest absolute Gasteiger partial charge is 0.325 e. The molecule has 1 heterocycles. The van der Waals surface area contributed by atoms with Crippen LogP contribution in [0.2, 0.25) is 0 Å². The molecular formula is C25H31N3O4S. The minimum Gasteiger partial charge on any atom is -0.325 e. The van der Waals surface area contributed by atoms with E-state index in [2.05, 4.69) is 5.32 Å². The highest BCUT2D eigenvalue weighted by Gasteiger charge is 2.37. The maximum Gasteiger partial charge on any atom is 0.243 e. The maximum absolute atomic E-state index is 13.2. The lowest BCUT2D eigenvalue weighted by Gasteiger charge is -2.32. The van der Waals surface area contributed by atoms with Gasteiger partial charge in [0.2, 0.25) is 21.8 Å². The molecule has 1 atom stereocenters. The summed E-state index contributed by atoms with van der Waals surface area (Å²) in [6.45, 7) is 5.52. The summed E-state index contributed by atoms with van der Waals surface area (Å²) in [4.78, 5) is 27.4. The van der Waals surface area contributed by atoms with Gasteiger partial charge in [0.05, 0.1) is 11.4 Å². The minimum absolute atomic E-state index is 0.00660. The van der Waals surface area contributed by atoms with Crippen molar-refractivity contribution in [2.75, 3.05) is 23.8 Å². The molecule has 7 nitrogen and oxygen atoms in total.